The Morgan fingerprint density at radius 1 is 1.57 bits per heavy atom. The van der Waals surface area contributed by atoms with Crippen LogP contribution in [0.25, 0.3) is 11.0 Å². The normalized spacial score (nSPS) is 18.3. The maximum atomic E-state index is 11.5. The van der Waals surface area contributed by atoms with Gasteiger partial charge in [-0.25, -0.2) is 4.98 Å². The number of hydrogen-bond donors (Lipinski definition) is 2. The molecule has 124 valence electrons. The van der Waals surface area contributed by atoms with Crippen LogP contribution in [0.5, 0.6) is 0 Å². The average molecular weight is 447 g/mol. The third-order valence-electron chi connectivity index (χ3n) is 4.04. The molecule has 0 amide bonds. The number of fused-ring (bicyclic) bond motifs is 1. The monoisotopic (exact) mass is 445 g/mol. The van der Waals surface area contributed by atoms with Gasteiger partial charge in [-0.3, -0.25) is 10.1 Å². The van der Waals surface area contributed by atoms with Crippen LogP contribution >= 0.6 is 31.9 Å². The molecule has 1 fully saturated rings. The number of aryl methyl sites for hydroxylation is 1. The Kier molecular flexibility index (Phi) is 4.88. The molecular formula is C14H17Br2N5O2. The second kappa shape index (κ2) is 6.74. The van der Waals surface area contributed by atoms with E-state index in [1.165, 1.54) is 0 Å². The minimum atomic E-state index is -0.393. The van der Waals surface area contributed by atoms with Crippen molar-refractivity contribution in [1.29, 1.82) is 0 Å². The largest absolute Gasteiger partial charge is 0.352 e. The molecule has 1 atom stereocenters. The van der Waals surface area contributed by atoms with Gasteiger partial charge in [0.15, 0.2) is 5.52 Å². The Hall–Kier alpha value is -1.19. The number of nitrogens with zero attached hydrogens (tertiary/aromatic N) is 3. The lowest BCUT2D eigenvalue weighted by molar-refractivity contribution is -0.384. The number of halogens is 2. The molecule has 0 saturated carbocycles. The number of nitro groups is 1. The van der Waals surface area contributed by atoms with E-state index in [4.69, 9.17) is 0 Å². The molecule has 3 rings (SSSR count). The quantitative estimate of drug-likeness (QED) is 0.553. The van der Waals surface area contributed by atoms with Gasteiger partial charge in [0.1, 0.15) is 4.47 Å². The van der Waals surface area contributed by atoms with Gasteiger partial charge in [0.05, 0.1) is 10.4 Å². The van der Waals surface area contributed by atoms with Crippen LogP contribution in [0.4, 0.5) is 11.6 Å². The molecule has 1 aliphatic heterocycles. The number of aromatic nitrogens is 2. The molecule has 23 heavy (non-hydrogen) atoms. The molecule has 0 aliphatic carbocycles. The second-order valence-electron chi connectivity index (χ2n) is 5.51. The molecule has 1 saturated heterocycles. The molecule has 1 unspecified atom stereocenters. The molecule has 9 heteroatoms. The molecule has 7 nitrogen and oxygen atoms in total. The third-order valence-corrected chi connectivity index (χ3v) is 6.00. The Labute approximate surface area is 150 Å². The van der Waals surface area contributed by atoms with Crippen molar-refractivity contribution in [2.75, 3.05) is 18.4 Å². The van der Waals surface area contributed by atoms with Crippen molar-refractivity contribution in [2.45, 2.75) is 32.4 Å². The lowest BCUT2D eigenvalue weighted by Gasteiger charge is -2.24. The molecular weight excluding hydrogens is 430 g/mol. The number of imidazole rings is 1. The van der Waals surface area contributed by atoms with Crippen LogP contribution < -0.4 is 10.6 Å². The lowest BCUT2D eigenvalue weighted by atomic mass is 10.1. The number of nitro benzene ring substituents is 1. The predicted octanol–water partition coefficient (Wildman–Crippen LogP) is 3.65. The average Bonchev–Trinajstić information content (AvgIpc) is 2.85. The molecule has 1 aliphatic rings. The lowest BCUT2D eigenvalue weighted by Crippen LogP contribution is -2.39. The van der Waals surface area contributed by atoms with Crippen LogP contribution in [0.3, 0.4) is 0 Å². The van der Waals surface area contributed by atoms with Gasteiger partial charge in [-0.2, -0.15) is 0 Å². The highest BCUT2D eigenvalue weighted by atomic mass is 79.9. The van der Waals surface area contributed by atoms with E-state index in [0.29, 0.717) is 27.0 Å². The van der Waals surface area contributed by atoms with E-state index in [9.17, 15) is 10.1 Å². The van der Waals surface area contributed by atoms with Crippen molar-refractivity contribution in [3.8, 4) is 0 Å². The topological polar surface area (TPSA) is 85.0 Å². The van der Waals surface area contributed by atoms with Crippen LogP contribution in [0.1, 0.15) is 19.8 Å². The number of piperidine rings is 1. The fourth-order valence-electron chi connectivity index (χ4n) is 2.94. The first-order valence-electron chi connectivity index (χ1n) is 7.52. The SMILES string of the molecule is CCn1c(NC2CCCNC2)nc2c([N+](=O)[O-])c(Br)c(Br)cc21. The van der Waals surface area contributed by atoms with Gasteiger partial charge in [0.25, 0.3) is 0 Å². The summed E-state index contributed by atoms with van der Waals surface area (Å²) in [7, 11) is 0. The zero-order chi connectivity index (χ0) is 16.6. The number of hydrogen-bond acceptors (Lipinski definition) is 5. The molecule has 2 N–H and O–H groups in total. The summed E-state index contributed by atoms with van der Waals surface area (Å²) in [6.45, 7) is 4.60. The number of benzene rings is 1. The van der Waals surface area contributed by atoms with Crippen molar-refractivity contribution >= 4 is 54.5 Å². The summed E-state index contributed by atoms with van der Waals surface area (Å²) in [5.41, 5.74) is 1.14. The Bertz CT molecular complexity index is 755. The van der Waals surface area contributed by atoms with Crippen LogP contribution in [0.2, 0.25) is 0 Å². The molecule has 0 bridgehead atoms. The maximum absolute atomic E-state index is 11.5. The smallest absolute Gasteiger partial charge is 0.312 e. The third kappa shape index (κ3) is 3.09. The second-order valence-corrected chi connectivity index (χ2v) is 7.16. The van der Waals surface area contributed by atoms with E-state index in [-0.39, 0.29) is 11.7 Å². The molecule has 0 radical (unpaired) electrons. The van der Waals surface area contributed by atoms with Crippen LogP contribution in [0, 0.1) is 10.1 Å². The highest BCUT2D eigenvalue weighted by Gasteiger charge is 2.26. The highest BCUT2D eigenvalue weighted by Crippen LogP contribution is 2.40. The Balaban J connectivity index is 2.11. The first-order valence-corrected chi connectivity index (χ1v) is 9.11. The van der Waals surface area contributed by atoms with Gasteiger partial charge < -0.3 is 15.2 Å². The van der Waals surface area contributed by atoms with Crippen molar-refractivity contribution in [1.82, 2.24) is 14.9 Å². The van der Waals surface area contributed by atoms with E-state index in [2.05, 4.69) is 47.5 Å². The zero-order valence-corrected chi connectivity index (χ0v) is 15.8. The first kappa shape index (κ1) is 16.7. The van der Waals surface area contributed by atoms with Gasteiger partial charge in [-0.1, -0.05) is 0 Å². The van der Waals surface area contributed by atoms with Gasteiger partial charge >= 0.3 is 5.69 Å². The Morgan fingerprint density at radius 3 is 2.96 bits per heavy atom. The summed E-state index contributed by atoms with van der Waals surface area (Å²) < 4.78 is 3.05. The molecule has 1 aromatic heterocycles. The van der Waals surface area contributed by atoms with Crippen molar-refractivity contribution in [3.05, 3.63) is 25.1 Å². The summed E-state index contributed by atoms with van der Waals surface area (Å²) >= 11 is 6.67. The van der Waals surface area contributed by atoms with E-state index < -0.39 is 4.92 Å². The fraction of sp³-hybridized carbons (Fsp3) is 0.500. The molecule has 0 spiro atoms. The molecule has 1 aromatic carbocycles. The summed E-state index contributed by atoms with van der Waals surface area (Å²) in [6, 6.07) is 2.16. The van der Waals surface area contributed by atoms with Crippen LogP contribution in [-0.4, -0.2) is 33.6 Å². The number of anilines is 1. The predicted molar refractivity (Wildman–Crippen MR) is 97.0 cm³/mol. The summed E-state index contributed by atoms with van der Waals surface area (Å²) in [4.78, 5) is 15.6. The van der Waals surface area contributed by atoms with E-state index in [1.54, 1.807) is 0 Å². The van der Waals surface area contributed by atoms with Crippen LogP contribution in [0.15, 0.2) is 15.0 Å². The standard InChI is InChI=1S/C14H17Br2N5O2/c1-2-20-10-6-9(15)11(16)13(21(22)23)12(10)19-14(20)18-8-4-3-5-17-7-8/h6,8,17H,2-5,7H2,1H3,(H,18,19). The summed E-state index contributed by atoms with van der Waals surface area (Å²) in [5, 5.41) is 18.2. The summed E-state index contributed by atoms with van der Waals surface area (Å²) in [6.07, 6.45) is 2.18. The first-order chi connectivity index (χ1) is 11.0. The van der Waals surface area contributed by atoms with Gasteiger partial charge in [0, 0.05) is 23.6 Å². The van der Waals surface area contributed by atoms with E-state index in [0.717, 1.165) is 31.4 Å². The number of nitrogens with one attached hydrogen (secondary N) is 2. The van der Waals surface area contributed by atoms with E-state index >= 15 is 0 Å². The minimum absolute atomic E-state index is 0.00797. The summed E-state index contributed by atoms with van der Waals surface area (Å²) in [5.74, 6) is 0.685. The molecule has 2 heterocycles. The van der Waals surface area contributed by atoms with Gasteiger partial charge in [-0.15, -0.1) is 0 Å². The fourth-order valence-corrected chi connectivity index (χ4v) is 3.79. The van der Waals surface area contributed by atoms with Crippen molar-refractivity contribution in [2.24, 2.45) is 0 Å². The van der Waals surface area contributed by atoms with Crippen LogP contribution in [-0.2, 0) is 6.54 Å². The van der Waals surface area contributed by atoms with Crippen molar-refractivity contribution < 1.29 is 4.92 Å². The minimum Gasteiger partial charge on any atom is -0.352 e. The molecule has 2 aromatic rings. The Morgan fingerprint density at radius 2 is 2.35 bits per heavy atom. The van der Waals surface area contributed by atoms with Gasteiger partial charge in [-0.05, 0) is 64.2 Å². The number of rotatable bonds is 4. The van der Waals surface area contributed by atoms with Crippen molar-refractivity contribution in [3.63, 3.8) is 0 Å². The van der Waals surface area contributed by atoms with Gasteiger partial charge in [0.2, 0.25) is 5.95 Å². The zero-order valence-electron chi connectivity index (χ0n) is 12.6. The maximum Gasteiger partial charge on any atom is 0.312 e. The van der Waals surface area contributed by atoms with E-state index in [1.807, 2.05) is 17.6 Å². The highest BCUT2D eigenvalue weighted by molar-refractivity contribution is 9.13.